The fraction of sp³-hybridized carbons (Fsp3) is 0.367. The topological polar surface area (TPSA) is 0 Å². The van der Waals surface area contributed by atoms with Crippen LogP contribution >= 0.6 is 18.6 Å². The Morgan fingerprint density at radius 3 is 1.37 bits per heavy atom. The molecule has 35 heavy (non-hydrogen) atoms. The van der Waals surface area contributed by atoms with E-state index in [1.54, 1.807) is 21.1 Å². The van der Waals surface area contributed by atoms with Crippen molar-refractivity contribution in [2.24, 2.45) is 0 Å². The Balaban J connectivity index is 0.000000139. The van der Waals surface area contributed by atoms with Crippen molar-refractivity contribution in [1.82, 2.24) is 0 Å². The van der Waals surface area contributed by atoms with Crippen LogP contribution in [0.3, 0.4) is 0 Å². The molecule has 4 aromatic carbocycles. The van der Waals surface area contributed by atoms with Crippen LogP contribution in [0.5, 0.6) is 0 Å². The number of fused-ring (bicyclic) bond motifs is 2. The second kappa shape index (κ2) is 12.2. The second-order valence-corrected chi connectivity index (χ2v) is 25.8. The van der Waals surface area contributed by atoms with E-state index in [2.05, 4.69) is 86.6 Å². The summed E-state index contributed by atoms with van der Waals surface area (Å²) in [5.41, 5.74) is 0. The molecule has 0 bridgehead atoms. The van der Waals surface area contributed by atoms with Crippen molar-refractivity contribution in [2.75, 3.05) is 0 Å². The minimum absolute atomic E-state index is 1.01. The van der Waals surface area contributed by atoms with E-state index >= 15 is 0 Å². The molecule has 0 amide bonds. The third kappa shape index (κ3) is 5.74. The van der Waals surface area contributed by atoms with Crippen LogP contribution in [0.1, 0.15) is 33.6 Å². The summed E-state index contributed by atoms with van der Waals surface area (Å²) in [7, 11) is 8.67. The molecule has 0 unspecified atom stereocenters. The normalized spacial score (nSPS) is 17.3. The van der Waals surface area contributed by atoms with Gasteiger partial charge in [0.15, 0.2) is 0 Å². The Hall–Kier alpha value is -0.742. The van der Waals surface area contributed by atoms with E-state index in [1.165, 1.54) is 59.9 Å². The fourth-order valence-corrected chi connectivity index (χ4v) is 14.2. The average Bonchev–Trinajstić information content (AvgIpc) is 3.45. The minimum atomic E-state index is -1.54. The van der Waals surface area contributed by atoms with Crippen molar-refractivity contribution in [1.29, 1.82) is 0 Å². The molecule has 2 aliphatic rings. The molecule has 2 fully saturated rings. The third-order valence-corrected chi connectivity index (χ3v) is 22.3. The van der Waals surface area contributed by atoms with Crippen molar-refractivity contribution < 1.29 is 15.3 Å². The van der Waals surface area contributed by atoms with Crippen LogP contribution in [-0.4, -0.2) is 20.5 Å². The summed E-state index contributed by atoms with van der Waals surface area (Å²) in [5.74, 6) is 0. The van der Waals surface area contributed by atoms with Crippen LogP contribution in [0.4, 0.5) is 0 Å². The van der Waals surface area contributed by atoms with Gasteiger partial charge in [-0.1, -0.05) is 75.1 Å². The van der Waals surface area contributed by atoms with Gasteiger partial charge in [0.05, 0.1) is 0 Å². The monoisotopic (exact) mass is 572 g/mol. The summed E-state index contributed by atoms with van der Waals surface area (Å²) in [6.45, 7) is 6.68. The van der Waals surface area contributed by atoms with Crippen LogP contribution in [0.2, 0.25) is 36.3 Å². The van der Waals surface area contributed by atoms with E-state index in [4.69, 9.17) is 18.6 Å². The Labute approximate surface area is 227 Å². The van der Waals surface area contributed by atoms with E-state index in [9.17, 15) is 0 Å². The molecule has 6 rings (SSSR count). The van der Waals surface area contributed by atoms with E-state index < -0.39 is 31.4 Å². The van der Waals surface area contributed by atoms with E-state index in [-0.39, 0.29) is 0 Å². The fourth-order valence-electron chi connectivity index (χ4n) is 6.06. The molecule has 0 nitrogen and oxygen atoms in total. The number of hydrogen-bond acceptors (Lipinski definition) is 0. The summed E-state index contributed by atoms with van der Waals surface area (Å²) in [5, 5.41) is 9.47. The molecule has 5 heteroatoms. The SMILES string of the molecule is CC[Si]1([c-]2ccc3ccccc32)CCC1.CC[Si]1([c-]2ccc3ccccc32)CCC1.C[CH]=[Ti]([Cl])[Cl]. The molecule has 2 saturated heterocycles. The van der Waals surface area contributed by atoms with Gasteiger partial charge in [-0.25, -0.2) is 0 Å². The van der Waals surface area contributed by atoms with Crippen LogP contribution < -0.4 is 10.4 Å². The van der Waals surface area contributed by atoms with E-state index in [0.29, 0.717) is 0 Å². The molecule has 0 aliphatic carbocycles. The second-order valence-electron chi connectivity index (χ2n) is 10.2. The molecule has 2 aliphatic heterocycles. The van der Waals surface area contributed by atoms with Gasteiger partial charge in [-0.3, -0.25) is 0 Å². The Morgan fingerprint density at radius 1 is 0.714 bits per heavy atom. The standard InChI is InChI=1S/2C14H17Si.C2H4.2ClH.Ti/c2*1-2-15(10-5-11-15)14-9-8-12-6-3-4-7-13(12)14;1-2;;;/h2*3-4,6-9H,2,5,10-11H2,1H3;1H,2H3;2*1H;/q2*-1;;;;+2/p-2. The van der Waals surface area contributed by atoms with E-state index in [0.717, 1.165) is 0 Å². The predicted molar refractivity (Wildman–Crippen MR) is 163 cm³/mol. The van der Waals surface area contributed by atoms with Gasteiger partial charge in [0.2, 0.25) is 0 Å². The zero-order valence-electron chi connectivity index (χ0n) is 21.4. The van der Waals surface area contributed by atoms with Crippen LogP contribution in [0, 0.1) is 0 Å². The zero-order valence-corrected chi connectivity index (χ0v) is 26.5. The molecule has 186 valence electrons. The van der Waals surface area contributed by atoms with Crippen molar-refractivity contribution in [2.45, 2.75) is 69.9 Å². The molecule has 0 aromatic heterocycles. The maximum absolute atomic E-state index is 5.34. The van der Waals surface area contributed by atoms with Gasteiger partial charge in [0.1, 0.15) is 0 Å². The summed E-state index contributed by atoms with van der Waals surface area (Å²) in [6.07, 6.45) is 2.94. The first-order valence-electron chi connectivity index (χ1n) is 13.3. The summed E-state index contributed by atoms with van der Waals surface area (Å²) < 4.78 is 1.86. The number of rotatable bonds is 4. The number of halogens is 2. The van der Waals surface area contributed by atoms with Crippen LogP contribution in [-0.2, 0) is 15.3 Å². The van der Waals surface area contributed by atoms with Crippen molar-refractivity contribution in [3.63, 3.8) is 0 Å². The molecule has 0 atom stereocenters. The Morgan fingerprint density at radius 2 is 1.09 bits per heavy atom. The van der Waals surface area contributed by atoms with Crippen LogP contribution in [0.25, 0.3) is 21.5 Å². The van der Waals surface area contributed by atoms with Crippen molar-refractivity contribution >= 4 is 71.0 Å². The molecule has 4 aromatic rings. The predicted octanol–water partition coefficient (Wildman–Crippen LogP) is 9.01. The van der Waals surface area contributed by atoms with E-state index in [1.807, 2.05) is 11.2 Å². The Kier molecular flexibility index (Phi) is 9.52. The molecule has 0 spiro atoms. The van der Waals surface area contributed by atoms with Gasteiger partial charge >= 0.3 is 45.1 Å². The zero-order chi connectivity index (χ0) is 24.9. The first kappa shape index (κ1) is 27.3. The summed E-state index contributed by atoms with van der Waals surface area (Å²) >= 11 is -1.54. The summed E-state index contributed by atoms with van der Waals surface area (Å²) in [6, 6.07) is 36.2. The quantitative estimate of drug-likeness (QED) is 0.169. The van der Waals surface area contributed by atoms with Gasteiger partial charge in [-0.05, 0) is 0 Å². The molecule has 0 saturated carbocycles. The van der Waals surface area contributed by atoms with Crippen molar-refractivity contribution in [3.8, 4) is 0 Å². The summed E-state index contributed by atoms with van der Waals surface area (Å²) in [4.78, 5) is 0. The molecule has 0 radical (unpaired) electrons. The van der Waals surface area contributed by atoms with Gasteiger partial charge in [-0.15, -0.1) is 68.3 Å². The number of hydrogen-bond donors (Lipinski definition) is 0. The molecule has 2 heterocycles. The first-order valence-corrected chi connectivity index (χ1v) is 23.7. The molecular weight excluding hydrogens is 535 g/mol. The maximum atomic E-state index is 5.34. The van der Waals surface area contributed by atoms with Gasteiger partial charge < -0.3 is 0 Å². The first-order chi connectivity index (χ1) is 17.0. The van der Waals surface area contributed by atoms with Gasteiger partial charge in [0.25, 0.3) is 0 Å². The van der Waals surface area contributed by atoms with Crippen molar-refractivity contribution in [3.05, 3.63) is 72.8 Å². The average molecular weight is 574 g/mol. The van der Waals surface area contributed by atoms with Gasteiger partial charge in [0, 0.05) is 16.1 Å². The molecular formula is C30H38Cl2Si2Ti-2. The van der Waals surface area contributed by atoms with Gasteiger partial charge in [-0.2, -0.15) is 24.3 Å². The number of benzene rings is 2. The Bertz CT molecular complexity index is 1170. The third-order valence-electron chi connectivity index (χ3n) is 8.70. The van der Waals surface area contributed by atoms with Crippen LogP contribution in [0.15, 0.2) is 72.8 Å². The molecule has 0 N–H and O–H groups in total.